The maximum Gasteiger partial charge on any atom is 0.300 e. The zero-order valence-electron chi connectivity index (χ0n) is 14.9. The van der Waals surface area contributed by atoms with E-state index in [0.29, 0.717) is 16.8 Å². The van der Waals surface area contributed by atoms with Crippen LogP contribution in [0.4, 0.5) is 10.1 Å². The number of halogens is 2. The second-order valence-corrected chi connectivity index (χ2v) is 7.35. The van der Waals surface area contributed by atoms with Crippen LogP contribution >= 0.6 is 15.9 Å². The van der Waals surface area contributed by atoms with E-state index in [-0.39, 0.29) is 11.3 Å². The molecule has 4 rings (SSSR count). The number of rotatable bonds is 3. The number of anilines is 1. The highest BCUT2D eigenvalue weighted by Gasteiger charge is 2.47. The SMILES string of the molecule is O=C1C(=O)N(c2cccnc2)[C@H](c2ccc(F)cc2)C1=C(O)c1ccc(Br)cc1. The van der Waals surface area contributed by atoms with E-state index in [1.807, 2.05) is 0 Å². The second kappa shape index (κ2) is 7.60. The van der Waals surface area contributed by atoms with E-state index in [1.165, 1.54) is 35.4 Å². The van der Waals surface area contributed by atoms with Crippen LogP contribution in [-0.2, 0) is 9.59 Å². The molecule has 29 heavy (non-hydrogen) atoms. The number of aliphatic hydroxyl groups is 1. The summed E-state index contributed by atoms with van der Waals surface area (Å²) in [6.07, 6.45) is 3.01. The molecule has 144 valence electrons. The summed E-state index contributed by atoms with van der Waals surface area (Å²) >= 11 is 3.33. The van der Waals surface area contributed by atoms with Crippen LogP contribution in [0.5, 0.6) is 0 Å². The minimum Gasteiger partial charge on any atom is -0.507 e. The minimum absolute atomic E-state index is 0.0622. The summed E-state index contributed by atoms with van der Waals surface area (Å²) in [6.45, 7) is 0. The van der Waals surface area contributed by atoms with Gasteiger partial charge in [0.2, 0.25) is 0 Å². The summed E-state index contributed by atoms with van der Waals surface area (Å²) in [5.74, 6) is -2.34. The van der Waals surface area contributed by atoms with Crippen molar-refractivity contribution in [1.82, 2.24) is 4.98 Å². The monoisotopic (exact) mass is 452 g/mol. The molecule has 3 aromatic rings. The number of nitrogens with zero attached hydrogens (tertiary/aromatic N) is 2. The zero-order valence-corrected chi connectivity index (χ0v) is 16.5. The fraction of sp³-hybridized carbons (Fsp3) is 0.0455. The summed E-state index contributed by atoms with van der Waals surface area (Å²) < 4.78 is 14.3. The Labute approximate surface area is 174 Å². The van der Waals surface area contributed by atoms with Crippen LogP contribution in [0.25, 0.3) is 5.76 Å². The molecule has 5 nitrogen and oxygen atoms in total. The van der Waals surface area contributed by atoms with Crippen molar-refractivity contribution in [2.24, 2.45) is 0 Å². The van der Waals surface area contributed by atoms with Gasteiger partial charge in [-0.05, 0) is 42.0 Å². The van der Waals surface area contributed by atoms with E-state index in [9.17, 15) is 19.1 Å². The van der Waals surface area contributed by atoms with Gasteiger partial charge in [-0.15, -0.1) is 0 Å². The van der Waals surface area contributed by atoms with Crippen LogP contribution in [-0.4, -0.2) is 21.8 Å². The van der Waals surface area contributed by atoms with Crippen molar-refractivity contribution in [3.63, 3.8) is 0 Å². The smallest absolute Gasteiger partial charge is 0.300 e. The molecule has 7 heteroatoms. The van der Waals surface area contributed by atoms with Gasteiger partial charge >= 0.3 is 0 Å². The molecule has 0 aliphatic carbocycles. The van der Waals surface area contributed by atoms with Gasteiger partial charge in [-0.25, -0.2) is 4.39 Å². The molecule has 1 aliphatic heterocycles. The van der Waals surface area contributed by atoms with Crippen LogP contribution < -0.4 is 4.90 Å². The Hall–Kier alpha value is -3.32. The lowest BCUT2D eigenvalue weighted by Crippen LogP contribution is -2.29. The highest BCUT2D eigenvalue weighted by Crippen LogP contribution is 2.41. The summed E-state index contributed by atoms with van der Waals surface area (Å²) in [6, 6.07) is 14.6. The second-order valence-electron chi connectivity index (χ2n) is 6.44. The lowest BCUT2D eigenvalue weighted by Gasteiger charge is -2.25. The van der Waals surface area contributed by atoms with Gasteiger partial charge in [0.15, 0.2) is 0 Å². The quantitative estimate of drug-likeness (QED) is 0.357. The van der Waals surface area contributed by atoms with E-state index in [1.54, 1.807) is 42.6 Å². The Balaban J connectivity index is 1.94. The molecule has 1 fully saturated rings. The third-order valence-corrected chi connectivity index (χ3v) is 5.20. The van der Waals surface area contributed by atoms with Gasteiger partial charge in [0.25, 0.3) is 11.7 Å². The standard InChI is InChI=1S/C22H14BrFN2O3/c23-15-7-3-14(4-8-15)20(27)18-19(13-5-9-16(24)10-6-13)26(22(29)21(18)28)17-2-1-11-25-12-17/h1-12,19,27H/t19-/m1/s1. The number of amides is 1. The number of carbonyl (C=O) groups excluding carboxylic acids is 2. The fourth-order valence-corrected chi connectivity index (χ4v) is 3.58. The molecule has 0 spiro atoms. The third kappa shape index (κ3) is 3.45. The first-order valence-corrected chi connectivity index (χ1v) is 9.49. The molecule has 1 N–H and O–H groups in total. The molecular formula is C22H14BrFN2O3. The number of ketones is 1. The number of carbonyl (C=O) groups is 2. The topological polar surface area (TPSA) is 70.5 Å². The zero-order chi connectivity index (χ0) is 20.5. The average molecular weight is 453 g/mol. The molecule has 1 saturated heterocycles. The minimum atomic E-state index is -0.913. The molecule has 2 heterocycles. The van der Waals surface area contributed by atoms with Crippen molar-refractivity contribution in [2.75, 3.05) is 4.90 Å². The summed E-state index contributed by atoms with van der Waals surface area (Å²) in [4.78, 5) is 31.1. The third-order valence-electron chi connectivity index (χ3n) is 4.67. The molecule has 0 radical (unpaired) electrons. The van der Waals surface area contributed by atoms with E-state index in [2.05, 4.69) is 20.9 Å². The lowest BCUT2D eigenvalue weighted by molar-refractivity contribution is -0.132. The van der Waals surface area contributed by atoms with Crippen molar-refractivity contribution >= 4 is 39.1 Å². The van der Waals surface area contributed by atoms with Gasteiger partial charge in [-0.2, -0.15) is 0 Å². The van der Waals surface area contributed by atoms with Crippen LogP contribution in [0.15, 0.2) is 83.1 Å². The van der Waals surface area contributed by atoms with Crippen LogP contribution in [0.3, 0.4) is 0 Å². The Morgan fingerprint density at radius 2 is 1.72 bits per heavy atom. The van der Waals surface area contributed by atoms with E-state index >= 15 is 0 Å². The number of pyridine rings is 1. The molecular weight excluding hydrogens is 439 g/mol. The number of benzene rings is 2. The molecule has 1 atom stereocenters. The highest BCUT2D eigenvalue weighted by atomic mass is 79.9. The Kier molecular flexibility index (Phi) is 4.98. The number of aliphatic hydroxyl groups excluding tert-OH is 1. The van der Waals surface area contributed by atoms with Crippen LogP contribution in [0, 0.1) is 5.82 Å². The fourth-order valence-electron chi connectivity index (χ4n) is 3.32. The van der Waals surface area contributed by atoms with Crippen molar-refractivity contribution in [2.45, 2.75) is 6.04 Å². The Morgan fingerprint density at radius 3 is 2.34 bits per heavy atom. The summed E-state index contributed by atoms with van der Waals surface area (Å²) in [5, 5.41) is 10.9. The number of hydrogen-bond donors (Lipinski definition) is 1. The van der Waals surface area contributed by atoms with Crippen molar-refractivity contribution in [1.29, 1.82) is 0 Å². The largest absolute Gasteiger partial charge is 0.507 e. The molecule has 1 aliphatic rings. The molecule has 1 aromatic heterocycles. The van der Waals surface area contributed by atoms with Gasteiger partial charge < -0.3 is 5.11 Å². The first kappa shape index (κ1) is 19.0. The van der Waals surface area contributed by atoms with Gasteiger partial charge in [-0.1, -0.05) is 40.2 Å². The van der Waals surface area contributed by atoms with E-state index in [4.69, 9.17) is 0 Å². The number of Topliss-reactive ketones (excluding diaryl/α,β-unsaturated/α-hetero) is 1. The van der Waals surface area contributed by atoms with Gasteiger partial charge in [0.1, 0.15) is 11.6 Å². The van der Waals surface area contributed by atoms with E-state index < -0.39 is 23.5 Å². The van der Waals surface area contributed by atoms with Gasteiger partial charge in [0.05, 0.1) is 23.5 Å². The summed E-state index contributed by atoms with van der Waals surface area (Å²) in [7, 11) is 0. The Morgan fingerprint density at radius 1 is 1.03 bits per heavy atom. The molecule has 0 unspecified atom stereocenters. The molecule has 2 aromatic carbocycles. The number of hydrogen-bond acceptors (Lipinski definition) is 4. The average Bonchev–Trinajstić information content (AvgIpc) is 3.00. The number of aromatic nitrogens is 1. The molecule has 0 saturated carbocycles. The van der Waals surface area contributed by atoms with Crippen LogP contribution in [0.1, 0.15) is 17.2 Å². The lowest BCUT2D eigenvalue weighted by atomic mass is 9.95. The van der Waals surface area contributed by atoms with E-state index in [0.717, 1.165) is 4.47 Å². The Bertz CT molecular complexity index is 1110. The first-order chi connectivity index (χ1) is 14.0. The normalized spacial score (nSPS) is 18.3. The molecule has 0 bridgehead atoms. The molecule has 1 amide bonds. The first-order valence-electron chi connectivity index (χ1n) is 8.70. The van der Waals surface area contributed by atoms with Crippen molar-refractivity contribution in [3.8, 4) is 0 Å². The van der Waals surface area contributed by atoms with Crippen LogP contribution in [0.2, 0.25) is 0 Å². The predicted molar refractivity (Wildman–Crippen MR) is 110 cm³/mol. The highest BCUT2D eigenvalue weighted by molar-refractivity contribution is 9.10. The van der Waals surface area contributed by atoms with Gasteiger partial charge in [-0.3, -0.25) is 19.5 Å². The maximum atomic E-state index is 13.5. The van der Waals surface area contributed by atoms with Crippen molar-refractivity contribution < 1.29 is 19.1 Å². The van der Waals surface area contributed by atoms with Gasteiger partial charge in [0, 0.05) is 16.2 Å². The predicted octanol–water partition coefficient (Wildman–Crippen LogP) is 4.61. The summed E-state index contributed by atoms with van der Waals surface area (Å²) in [5.41, 5.74) is 1.23. The maximum absolute atomic E-state index is 13.5. The van der Waals surface area contributed by atoms with Crippen molar-refractivity contribution in [3.05, 3.63) is 100 Å².